The van der Waals surface area contributed by atoms with Crippen molar-refractivity contribution >= 4 is 11.6 Å². The Bertz CT molecular complexity index is 467. The van der Waals surface area contributed by atoms with Gasteiger partial charge in [-0.3, -0.25) is 4.79 Å². The fourth-order valence-corrected chi connectivity index (χ4v) is 1.60. The van der Waals surface area contributed by atoms with Gasteiger partial charge in [-0.05, 0) is 37.0 Å². The Morgan fingerprint density at radius 2 is 2.06 bits per heavy atom. The van der Waals surface area contributed by atoms with Gasteiger partial charge in [-0.1, -0.05) is 0 Å². The van der Waals surface area contributed by atoms with Gasteiger partial charge in [-0.2, -0.15) is 13.2 Å². The van der Waals surface area contributed by atoms with Crippen LogP contribution in [0.1, 0.15) is 28.8 Å². The number of nitrogens with two attached hydrogens (primary N) is 1. The van der Waals surface area contributed by atoms with Crippen LogP contribution in [0.25, 0.3) is 0 Å². The number of carbonyl (C=O) groups excluding carboxylic acids is 1. The molecule has 0 heterocycles. The molecular weight excluding hydrogens is 245 g/mol. The number of amides is 1. The molecular formula is C12H13F3N2O. The van der Waals surface area contributed by atoms with Gasteiger partial charge in [0.05, 0.1) is 5.56 Å². The van der Waals surface area contributed by atoms with Gasteiger partial charge < -0.3 is 11.1 Å². The fourth-order valence-electron chi connectivity index (χ4n) is 1.60. The van der Waals surface area contributed by atoms with Crippen LogP contribution in [-0.2, 0) is 6.18 Å². The van der Waals surface area contributed by atoms with Crippen molar-refractivity contribution in [1.82, 2.24) is 5.32 Å². The van der Waals surface area contributed by atoms with Crippen molar-refractivity contribution in [3.63, 3.8) is 0 Å². The maximum atomic E-state index is 12.6. The maximum absolute atomic E-state index is 12.6. The number of hydrogen-bond donors (Lipinski definition) is 2. The number of nitrogens with one attached hydrogen (secondary N) is 1. The minimum atomic E-state index is -4.54. The van der Waals surface area contributed by atoms with Crippen molar-refractivity contribution in [2.45, 2.75) is 19.0 Å². The molecule has 0 spiro atoms. The number of carbonyl (C=O) groups is 1. The molecule has 0 atom stereocenters. The number of rotatable bonds is 3. The molecule has 1 amide bonds. The lowest BCUT2D eigenvalue weighted by Gasteiger charge is -2.11. The van der Waals surface area contributed by atoms with Crippen molar-refractivity contribution in [1.29, 1.82) is 0 Å². The average molecular weight is 258 g/mol. The highest BCUT2D eigenvalue weighted by Crippen LogP contribution is 2.34. The van der Waals surface area contributed by atoms with Crippen molar-refractivity contribution in [2.24, 2.45) is 5.92 Å². The Morgan fingerprint density at radius 1 is 1.39 bits per heavy atom. The molecule has 2 rings (SSSR count). The highest BCUT2D eigenvalue weighted by molar-refractivity contribution is 5.94. The van der Waals surface area contributed by atoms with Crippen LogP contribution in [-0.4, -0.2) is 12.5 Å². The number of anilines is 1. The summed E-state index contributed by atoms with van der Waals surface area (Å²) in [5.41, 5.74) is 3.90. The Labute approximate surface area is 102 Å². The van der Waals surface area contributed by atoms with Gasteiger partial charge >= 0.3 is 6.18 Å². The van der Waals surface area contributed by atoms with E-state index >= 15 is 0 Å². The van der Waals surface area contributed by atoms with Crippen molar-refractivity contribution in [3.8, 4) is 0 Å². The molecule has 0 bridgehead atoms. The van der Waals surface area contributed by atoms with Crippen LogP contribution in [0.3, 0.4) is 0 Å². The van der Waals surface area contributed by atoms with Crippen LogP contribution in [0.2, 0.25) is 0 Å². The van der Waals surface area contributed by atoms with E-state index in [1.165, 1.54) is 6.07 Å². The van der Waals surface area contributed by atoms with Crippen LogP contribution >= 0.6 is 0 Å². The molecule has 18 heavy (non-hydrogen) atoms. The molecule has 1 saturated carbocycles. The van der Waals surface area contributed by atoms with E-state index in [-0.39, 0.29) is 11.3 Å². The van der Waals surface area contributed by atoms with Crippen LogP contribution < -0.4 is 11.1 Å². The van der Waals surface area contributed by atoms with Crippen LogP contribution in [0, 0.1) is 5.92 Å². The third-order valence-electron chi connectivity index (χ3n) is 2.87. The third kappa shape index (κ3) is 2.94. The first-order valence-corrected chi connectivity index (χ1v) is 5.63. The molecule has 1 fully saturated rings. The predicted molar refractivity (Wildman–Crippen MR) is 60.9 cm³/mol. The second-order valence-electron chi connectivity index (χ2n) is 4.45. The molecule has 6 heteroatoms. The van der Waals surface area contributed by atoms with Crippen LogP contribution in [0.5, 0.6) is 0 Å². The summed E-state index contributed by atoms with van der Waals surface area (Å²) in [6, 6.07) is 3.19. The summed E-state index contributed by atoms with van der Waals surface area (Å²) in [5, 5.41) is 2.61. The average Bonchev–Trinajstić information content (AvgIpc) is 3.08. The topological polar surface area (TPSA) is 55.1 Å². The van der Waals surface area contributed by atoms with Crippen molar-refractivity contribution < 1.29 is 18.0 Å². The van der Waals surface area contributed by atoms with Gasteiger partial charge in [0, 0.05) is 17.8 Å². The van der Waals surface area contributed by atoms with Gasteiger partial charge in [-0.25, -0.2) is 0 Å². The van der Waals surface area contributed by atoms with Gasteiger partial charge in [0.15, 0.2) is 0 Å². The molecule has 0 saturated heterocycles. The molecule has 0 unspecified atom stereocenters. The zero-order valence-corrected chi connectivity index (χ0v) is 9.55. The minimum Gasteiger partial charge on any atom is -0.398 e. The number of alkyl halides is 3. The predicted octanol–water partition coefficient (Wildman–Crippen LogP) is 2.43. The van der Waals surface area contributed by atoms with Gasteiger partial charge in [0.1, 0.15) is 0 Å². The second kappa shape index (κ2) is 4.51. The zero-order valence-electron chi connectivity index (χ0n) is 9.55. The molecule has 3 nitrogen and oxygen atoms in total. The Morgan fingerprint density at radius 3 is 2.61 bits per heavy atom. The maximum Gasteiger partial charge on any atom is 0.418 e. The van der Waals surface area contributed by atoms with E-state index in [1.54, 1.807) is 0 Å². The van der Waals surface area contributed by atoms with E-state index in [9.17, 15) is 18.0 Å². The van der Waals surface area contributed by atoms with E-state index in [0.717, 1.165) is 25.0 Å². The fraction of sp³-hybridized carbons (Fsp3) is 0.417. The first-order valence-electron chi connectivity index (χ1n) is 5.63. The smallest absolute Gasteiger partial charge is 0.398 e. The first kappa shape index (κ1) is 12.7. The van der Waals surface area contributed by atoms with Crippen LogP contribution in [0.4, 0.5) is 18.9 Å². The molecule has 3 N–H and O–H groups in total. The molecule has 1 aromatic rings. The third-order valence-corrected chi connectivity index (χ3v) is 2.87. The summed E-state index contributed by atoms with van der Waals surface area (Å²) in [4.78, 5) is 11.6. The van der Waals surface area contributed by atoms with E-state index in [4.69, 9.17) is 5.73 Å². The quantitative estimate of drug-likeness (QED) is 0.818. The molecule has 0 aromatic heterocycles. The summed E-state index contributed by atoms with van der Waals surface area (Å²) >= 11 is 0. The SMILES string of the molecule is Nc1ccc(C(=O)NCC2CC2)cc1C(F)(F)F. The van der Waals surface area contributed by atoms with Crippen molar-refractivity contribution in [2.75, 3.05) is 12.3 Å². The largest absolute Gasteiger partial charge is 0.418 e. The summed E-state index contributed by atoms with van der Waals surface area (Å²) in [5.74, 6) is -0.0165. The number of benzene rings is 1. The van der Waals surface area contributed by atoms with Gasteiger partial charge in [0.2, 0.25) is 0 Å². The second-order valence-corrected chi connectivity index (χ2v) is 4.45. The van der Waals surface area contributed by atoms with Crippen molar-refractivity contribution in [3.05, 3.63) is 29.3 Å². The standard InChI is InChI=1S/C12H13F3N2O/c13-12(14,15)9-5-8(3-4-10(9)16)11(18)17-6-7-1-2-7/h3-5,7H,1-2,6,16H2,(H,17,18). The molecule has 1 aliphatic carbocycles. The highest BCUT2D eigenvalue weighted by atomic mass is 19.4. The van der Waals surface area contributed by atoms with E-state index in [1.807, 2.05) is 0 Å². The first-order chi connectivity index (χ1) is 8.38. The lowest BCUT2D eigenvalue weighted by Crippen LogP contribution is -2.26. The normalized spacial score (nSPS) is 15.5. The molecule has 1 aromatic carbocycles. The lowest BCUT2D eigenvalue weighted by atomic mass is 10.1. The van der Waals surface area contributed by atoms with E-state index in [0.29, 0.717) is 12.5 Å². The Balaban J connectivity index is 2.14. The summed E-state index contributed by atoms with van der Waals surface area (Å²) < 4.78 is 37.8. The van der Waals surface area contributed by atoms with E-state index < -0.39 is 17.6 Å². The van der Waals surface area contributed by atoms with E-state index in [2.05, 4.69) is 5.32 Å². The highest BCUT2D eigenvalue weighted by Gasteiger charge is 2.33. The Kier molecular flexibility index (Phi) is 3.19. The van der Waals surface area contributed by atoms with Gasteiger partial charge in [0.25, 0.3) is 5.91 Å². The summed E-state index contributed by atoms with van der Waals surface area (Å²) in [7, 11) is 0. The summed E-state index contributed by atoms with van der Waals surface area (Å²) in [6.45, 7) is 0.518. The molecule has 98 valence electrons. The minimum absolute atomic E-state index is 0.0165. The molecule has 1 aliphatic rings. The zero-order chi connectivity index (χ0) is 13.3. The number of hydrogen-bond acceptors (Lipinski definition) is 2. The number of nitrogen functional groups attached to an aromatic ring is 1. The monoisotopic (exact) mass is 258 g/mol. The van der Waals surface area contributed by atoms with Crippen LogP contribution in [0.15, 0.2) is 18.2 Å². The number of halogens is 3. The Hall–Kier alpha value is -1.72. The van der Waals surface area contributed by atoms with Gasteiger partial charge in [-0.15, -0.1) is 0 Å². The summed E-state index contributed by atoms with van der Waals surface area (Å²) in [6.07, 6.45) is -2.41. The molecule has 0 radical (unpaired) electrons. The lowest BCUT2D eigenvalue weighted by molar-refractivity contribution is -0.136. The molecule has 0 aliphatic heterocycles.